The lowest BCUT2D eigenvalue weighted by atomic mass is 10.2. The maximum absolute atomic E-state index is 12.3. The van der Waals surface area contributed by atoms with Crippen molar-refractivity contribution >= 4 is 21.8 Å². The molecule has 2 N–H and O–H groups in total. The van der Waals surface area contributed by atoms with E-state index in [2.05, 4.69) is 31.3 Å². The third-order valence-electron chi connectivity index (χ3n) is 2.41. The summed E-state index contributed by atoms with van der Waals surface area (Å²) < 4.78 is 29.7. The van der Waals surface area contributed by atoms with Crippen LogP contribution in [0.2, 0.25) is 0 Å². The molecule has 0 saturated carbocycles. The number of rotatable bonds is 8. The number of carbonyl (C=O) groups is 1. The van der Waals surface area contributed by atoms with Crippen molar-refractivity contribution in [3.8, 4) is 5.75 Å². The Morgan fingerprint density at radius 1 is 1.45 bits per heavy atom. The molecule has 1 aromatic rings. The van der Waals surface area contributed by atoms with Crippen molar-refractivity contribution in [2.75, 3.05) is 13.1 Å². The van der Waals surface area contributed by atoms with Crippen LogP contribution in [0.25, 0.3) is 0 Å². The van der Waals surface area contributed by atoms with Crippen molar-refractivity contribution in [3.05, 3.63) is 28.2 Å². The summed E-state index contributed by atoms with van der Waals surface area (Å²) in [6, 6.07) is 4.76. The summed E-state index contributed by atoms with van der Waals surface area (Å²) in [7, 11) is 0. The van der Waals surface area contributed by atoms with E-state index in [9.17, 15) is 13.6 Å². The van der Waals surface area contributed by atoms with Crippen molar-refractivity contribution in [2.24, 2.45) is 0 Å². The predicted octanol–water partition coefficient (Wildman–Crippen LogP) is 2.67. The zero-order chi connectivity index (χ0) is 15.0. The number of amides is 1. The number of hydrogen-bond donors (Lipinski definition) is 2. The van der Waals surface area contributed by atoms with Gasteiger partial charge < -0.3 is 15.4 Å². The summed E-state index contributed by atoms with van der Waals surface area (Å²) in [6.07, 6.45) is 0.865. The van der Waals surface area contributed by atoms with E-state index >= 15 is 0 Å². The number of nitrogens with one attached hydrogen (secondary N) is 2. The quantitative estimate of drug-likeness (QED) is 0.757. The Labute approximate surface area is 125 Å². The molecular weight excluding hydrogens is 334 g/mol. The van der Waals surface area contributed by atoms with Gasteiger partial charge >= 0.3 is 6.61 Å². The monoisotopic (exact) mass is 350 g/mol. The lowest BCUT2D eigenvalue weighted by Gasteiger charge is -2.12. The summed E-state index contributed by atoms with van der Waals surface area (Å²) >= 11 is 3.27. The lowest BCUT2D eigenvalue weighted by molar-refractivity contribution is -0.120. The molecule has 112 valence electrons. The Morgan fingerprint density at radius 3 is 2.85 bits per heavy atom. The molecule has 7 heteroatoms. The predicted molar refractivity (Wildman–Crippen MR) is 75.8 cm³/mol. The molecule has 0 bridgehead atoms. The van der Waals surface area contributed by atoms with Crippen molar-refractivity contribution in [1.82, 2.24) is 10.6 Å². The largest absolute Gasteiger partial charge is 0.434 e. The molecule has 4 nitrogen and oxygen atoms in total. The Kier molecular flexibility index (Phi) is 7.46. The summed E-state index contributed by atoms with van der Waals surface area (Å²) in [5, 5.41) is 5.61. The zero-order valence-corrected chi connectivity index (χ0v) is 12.7. The molecule has 20 heavy (non-hydrogen) atoms. The van der Waals surface area contributed by atoms with Crippen LogP contribution in [0.15, 0.2) is 22.7 Å². The van der Waals surface area contributed by atoms with Gasteiger partial charge in [-0.05, 0) is 24.6 Å². The van der Waals surface area contributed by atoms with Crippen LogP contribution in [-0.2, 0) is 11.3 Å². The lowest BCUT2D eigenvalue weighted by Crippen LogP contribution is -2.34. The molecule has 0 radical (unpaired) electrons. The molecule has 0 aliphatic rings. The number of halogens is 3. The first-order valence-electron chi connectivity index (χ1n) is 6.23. The van der Waals surface area contributed by atoms with Gasteiger partial charge in [-0.2, -0.15) is 8.78 Å². The van der Waals surface area contributed by atoms with Crippen LogP contribution < -0.4 is 15.4 Å². The van der Waals surface area contributed by atoms with Crippen LogP contribution in [0.5, 0.6) is 5.75 Å². The molecule has 1 amide bonds. The number of benzene rings is 1. The molecule has 0 aliphatic heterocycles. The maximum Gasteiger partial charge on any atom is 0.387 e. The van der Waals surface area contributed by atoms with Gasteiger partial charge in [0.25, 0.3) is 0 Å². The molecular formula is C13H17BrF2N2O2. The first-order chi connectivity index (χ1) is 9.52. The van der Waals surface area contributed by atoms with E-state index in [-0.39, 0.29) is 24.7 Å². The molecule has 0 fully saturated rings. The third kappa shape index (κ3) is 6.29. The van der Waals surface area contributed by atoms with Crippen molar-refractivity contribution in [1.29, 1.82) is 0 Å². The number of carbonyl (C=O) groups excluding carboxylic acids is 1. The van der Waals surface area contributed by atoms with E-state index in [4.69, 9.17) is 0 Å². The second kappa shape index (κ2) is 8.86. The van der Waals surface area contributed by atoms with Crippen LogP contribution in [0.1, 0.15) is 18.9 Å². The van der Waals surface area contributed by atoms with Crippen LogP contribution in [0.4, 0.5) is 8.78 Å². The minimum atomic E-state index is -2.87. The van der Waals surface area contributed by atoms with E-state index in [1.54, 1.807) is 12.1 Å². The first kappa shape index (κ1) is 16.8. The second-order valence-electron chi connectivity index (χ2n) is 4.08. The summed E-state index contributed by atoms with van der Waals surface area (Å²) in [5.41, 5.74) is 0.558. The van der Waals surface area contributed by atoms with Gasteiger partial charge in [-0.25, -0.2) is 0 Å². The van der Waals surface area contributed by atoms with E-state index in [1.165, 1.54) is 6.07 Å². The number of alkyl halides is 2. The van der Waals surface area contributed by atoms with Gasteiger partial charge in [0.1, 0.15) is 5.75 Å². The highest BCUT2D eigenvalue weighted by Gasteiger charge is 2.10. The van der Waals surface area contributed by atoms with E-state index in [0.29, 0.717) is 12.1 Å². The highest BCUT2D eigenvalue weighted by atomic mass is 79.9. The fourth-order valence-corrected chi connectivity index (χ4v) is 1.94. The molecule has 0 atom stereocenters. The Hall–Kier alpha value is -1.21. The third-order valence-corrected chi connectivity index (χ3v) is 2.91. The highest BCUT2D eigenvalue weighted by Crippen LogP contribution is 2.24. The van der Waals surface area contributed by atoms with Gasteiger partial charge in [0, 0.05) is 23.1 Å². The number of hydrogen-bond acceptors (Lipinski definition) is 3. The molecule has 1 rings (SSSR count). The average molecular weight is 351 g/mol. The van der Waals surface area contributed by atoms with E-state index in [0.717, 1.165) is 10.9 Å². The molecule has 0 aliphatic carbocycles. The maximum atomic E-state index is 12.3. The van der Waals surface area contributed by atoms with Crippen LogP contribution in [-0.4, -0.2) is 25.6 Å². The van der Waals surface area contributed by atoms with Gasteiger partial charge in [-0.15, -0.1) is 0 Å². The molecule has 0 spiro atoms. The van der Waals surface area contributed by atoms with Crippen molar-refractivity contribution in [2.45, 2.75) is 26.5 Å². The summed E-state index contributed by atoms with van der Waals surface area (Å²) in [4.78, 5) is 11.4. The first-order valence-corrected chi connectivity index (χ1v) is 7.03. The van der Waals surface area contributed by atoms with Gasteiger partial charge in [0.05, 0.1) is 6.54 Å². The van der Waals surface area contributed by atoms with E-state index in [1.807, 2.05) is 6.92 Å². The molecule has 0 unspecified atom stereocenters. The van der Waals surface area contributed by atoms with Gasteiger partial charge in [0.15, 0.2) is 0 Å². The Bertz CT molecular complexity index is 444. The zero-order valence-electron chi connectivity index (χ0n) is 11.1. The Morgan fingerprint density at radius 2 is 2.20 bits per heavy atom. The van der Waals surface area contributed by atoms with Crippen LogP contribution in [0.3, 0.4) is 0 Å². The van der Waals surface area contributed by atoms with Gasteiger partial charge in [-0.1, -0.05) is 22.9 Å². The van der Waals surface area contributed by atoms with Gasteiger partial charge in [-0.3, -0.25) is 4.79 Å². The van der Waals surface area contributed by atoms with Crippen LogP contribution in [0, 0.1) is 0 Å². The standard InChI is InChI=1S/C13H17BrF2N2O2/c1-2-5-18-12(19)8-17-7-9-6-10(14)3-4-11(9)20-13(15)16/h3-4,6,13,17H,2,5,7-8H2,1H3,(H,18,19). The minimum absolute atomic E-state index is 0.102. The van der Waals surface area contributed by atoms with Crippen LogP contribution >= 0.6 is 15.9 Å². The van der Waals surface area contributed by atoms with E-state index < -0.39 is 6.61 Å². The van der Waals surface area contributed by atoms with Crippen molar-refractivity contribution < 1.29 is 18.3 Å². The van der Waals surface area contributed by atoms with Crippen molar-refractivity contribution in [3.63, 3.8) is 0 Å². The van der Waals surface area contributed by atoms with Gasteiger partial charge in [0.2, 0.25) is 5.91 Å². The normalized spacial score (nSPS) is 10.7. The molecule has 1 aromatic carbocycles. The highest BCUT2D eigenvalue weighted by molar-refractivity contribution is 9.10. The minimum Gasteiger partial charge on any atom is -0.434 e. The summed E-state index contributed by atoms with van der Waals surface area (Å²) in [6.45, 7) is 0.102. The molecule has 0 heterocycles. The SMILES string of the molecule is CCCNC(=O)CNCc1cc(Br)ccc1OC(F)F. The molecule has 0 aromatic heterocycles. The number of ether oxygens (including phenoxy) is 1. The topological polar surface area (TPSA) is 50.4 Å². The average Bonchev–Trinajstić information content (AvgIpc) is 2.39. The fourth-order valence-electron chi connectivity index (χ4n) is 1.53. The summed E-state index contributed by atoms with van der Waals surface area (Å²) in [5.74, 6) is -0.0251. The smallest absolute Gasteiger partial charge is 0.387 e. The molecule has 0 saturated heterocycles. The fraction of sp³-hybridized carbons (Fsp3) is 0.462. The second-order valence-corrected chi connectivity index (χ2v) is 5.00. The Balaban J connectivity index is 2.53.